The first kappa shape index (κ1) is 11.5. The van der Waals surface area contributed by atoms with Gasteiger partial charge in [-0.15, -0.1) is 0 Å². The van der Waals surface area contributed by atoms with E-state index in [2.05, 4.69) is 36.5 Å². The van der Waals surface area contributed by atoms with Gasteiger partial charge < -0.3 is 11.1 Å². The van der Waals surface area contributed by atoms with Crippen LogP contribution in [0, 0.1) is 0 Å². The van der Waals surface area contributed by atoms with Crippen molar-refractivity contribution in [3.8, 4) is 0 Å². The van der Waals surface area contributed by atoms with Crippen molar-refractivity contribution in [1.29, 1.82) is 0 Å². The highest BCUT2D eigenvalue weighted by Gasteiger charge is 2.03. The van der Waals surface area contributed by atoms with E-state index in [0.29, 0.717) is 5.92 Å². The second-order valence-electron chi connectivity index (χ2n) is 4.31. The van der Waals surface area contributed by atoms with E-state index >= 15 is 0 Å². The molecule has 0 radical (unpaired) electrons. The summed E-state index contributed by atoms with van der Waals surface area (Å²) < 4.78 is 0. The molecule has 1 atom stereocenters. The minimum atomic E-state index is 0.494. The number of nitrogen functional groups attached to an aromatic ring is 1. The first-order valence-electron chi connectivity index (χ1n) is 5.90. The van der Waals surface area contributed by atoms with Crippen LogP contribution >= 0.6 is 0 Å². The van der Waals surface area contributed by atoms with E-state index in [9.17, 15) is 0 Å². The van der Waals surface area contributed by atoms with Crippen molar-refractivity contribution >= 4 is 11.4 Å². The zero-order chi connectivity index (χ0) is 12.1. The summed E-state index contributed by atoms with van der Waals surface area (Å²) >= 11 is 0. The molecule has 2 nitrogen and oxygen atoms in total. The van der Waals surface area contributed by atoms with Gasteiger partial charge in [-0.25, -0.2) is 0 Å². The number of hydrogen-bond acceptors (Lipinski definition) is 2. The van der Waals surface area contributed by atoms with Crippen molar-refractivity contribution < 1.29 is 0 Å². The maximum atomic E-state index is 5.65. The summed E-state index contributed by atoms with van der Waals surface area (Å²) in [5.41, 5.74) is 8.91. The van der Waals surface area contributed by atoms with Gasteiger partial charge in [0.15, 0.2) is 0 Å². The molecular weight excluding hydrogens is 208 g/mol. The van der Waals surface area contributed by atoms with Crippen LogP contribution in [0.15, 0.2) is 54.6 Å². The third kappa shape index (κ3) is 3.25. The molecule has 0 amide bonds. The van der Waals surface area contributed by atoms with Gasteiger partial charge in [0.1, 0.15) is 0 Å². The first-order chi connectivity index (χ1) is 8.25. The normalized spacial score (nSPS) is 12.1. The summed E-state index contributed by atoms with van der Waals surface area (Å²) in [5.74, 6) is 0.494. The van der Waals surface area contributed by atoms with Gasteiger partial charge in [-0.3, -0.25) is 0 Å². The molecule has 3 N–H and O–H groups in total. The zero-order valence-corrected chi connectivity index (χ0v) is 10.1. The zero-order valence-electron chi connectivity index (χ0n) is 10.1. The maximum absolute atomic E-state index is 5.65. The van der Waals surface area contributed by atoms with Gasteiger partial charge >= 0.3 is 0 Å². The Morgan fingerprint density at radius 1 is 1.00 bits per heavy atom. The molecule has 0 fully saturated rings. The predicted molar refractivity (Wildman–Crippen MR) is 74.2 cm³/mol. The van der Waals surface area contributed by atoms with Crippen LogP contribution in [0.25, 0.3) is 0 Å². The molecule has 2 rings (SSSR count). The molecule has 2 aromatic rings. The summed E-state index contributed by atoms with van der Waals surface area (Å²) in [6, 6.07) is 18.4. The van der Waals surface area contributed by atoms with Gasteiger partial charge in [-0.2, -0.15) is 0 Å². The molecule has 17 heavy (non-hydrogen) atoms. The lowest BCUT2D eigenvalue weighted by Gasteiger charge is -2.14. The third-order valence-corrected chi connectivity index (χ3v) is 2.89. The Kier molecular flexibility index (Phi) is 3.66. The lowest BCUT2D eigenvalue weighted by atomic mass is 10.0. The minimum Gasteiger partial charge on any atom is -0.399 e. The van der Waals surface area contributed by atoms with Crippen molar-refractivity contribution in [2.45, 2.75) is 12.8 Å². The number of nitrogens with two attached hydrogens (primary N) is 1. The Hall–Kier alpha value is -1.96. The number of benzene rings is 2. The molecule has 0 saturated carbocycles. The van der Waals surface area contributed by atoms with Crippen LogP contribution in [0.3, 0.4) is 0 Å². The smallest absolute Gasteiger partial charge is 0.0341 e. The van der Waals surface area contributed by atoms with Crippen LogP contribution in [-0.4, -0.2) is 6.54 Å². The monoisotopic (exact) mass is 226 g/mol. The van der Waals surface area contributed by atoms with Crippen molar-refractivity contribution in [3.05, 3.63) is 60.2 Å². The molecule has 0 spiro atoms. The predicted octanol–water partition coefficient (Wildman–Crippen LogP) is 3.48. The summed E-state index contributed by atoms with van der Waals surface area (Å²) in [7, 11) is 0. The maximum Gasteiger partial charge on any atom is 0.0341 e. The Morgan fingerprint density at radius 2 is 1.65 bits per heavy atom. The van der Waals surface area contributed by atoms with Gasteiger partial charge in [-0.1, -0.05) is 37.3 Å². The minimum absolute atomic E-state index is 0.494. The van der Waals surface area contributed by atoms with E-state index in [1.54, 1.807) is 0 Å². The molecule has 0 aliphatic heterocycles. The van der Waals surface area contributed by atoms with E-state index in [1.165, 1.54) is 5.56 Å². The molecule has 0 saturated heterocycles. The molecule has 1 unspecified atom stereocenters. The average molecular weight is 226 g/mol. The van der Waals surface area contributed by atoms with Crippen LogP contribution in [0.4, 0.5) is 11.4 Å². The molecule has 0 aromatic heterocycles. The molecule has 0 aliphatic carbocycles. The Balaban J connectivity index is 1.92. The fourth-order valence-corrected chi connectivity index (χ4v) is 1.77. The van der Waals surface area contributed by atoms with Crippen molar-refractivity contribution in [2.75, 3.05) is 17.6 Å². The van der Waals surface area contributed by atoms with E-state index in [-0.39, 0.29) is 0 Å². The number of rotatable bonds is 4. The highest BCUT2D eigenvalue weighted by atomic mass is 14.9. The Morgan fingerprint density at radius 3 is 2.29 bits per heavy atom. The summed E-state index contributed by atoms with van der Waals surface area (Å²) in [4.78, 5) is 0. The largest absolute Gasteiger partial charge is 0.399 e. The van der Waals surface area contributed by atoms with Crippen molar-refractivity contribution in [3.63, 3.8) is 0 Å². The molecule has 2 heteroatoms. The topological polar surface area (TPSA) is 38.0 Å². The molecule has 2 aromatic carbocycles. The molecule has 88 valence electrons. The van der Waals surface area contributed by atoms with E-state index in [1.807, 2.05) is 30.3 Å². The fourth-order valence-electron chi connectivity index (χ4n) is 1.77. The number of anilines is 2. The Bertz CT molecular complexity index is 448. The second-order valence-corrected chi connectivity index (χ2v) is 4.31. The Labute approximate surface area is 102 Å². The first-order valence-corrected chi connectivity index (χ1v) is 5.90. The van der Waals surface area contributed by atoms with E-state index in [0.717, 1.165) is 17.9 Å². The van der Waals surface area contributed by atoms with Crippen LogP contribution in [-0.2, 0) is 0 Å². The van der Waals surface area contributed by atoms with Gasteiger partial charge in [-0.05, 0) is 35.7 Å². The quantitative estimate of drug-likeness (QED) is 0.783. The molecular formula is C15H18N2. The van der Waals surface area contributed by atoms with Gasteiger partial charge in [0.05, 0.1) is 0 Å². The highest BCUT2D eigenvalue weighted by Crippen LogP contribution is 2.16. The van der Waals surface area contributed by atoms with Crippen molar-refractivity contribution in [2.24, 2.45) is 0 Å². The van der Waals surface area contributed by atoms with E-state index in [4.69, 9.17) is 5.73 Å². The van der Waals surface area contributed by atoms with Crippen LogP contribution in [0.1, 0.15) is 18.4 Å². The van der Waals surface area contributed by atoms with Gasteiger partial charge in [0.25, 0.3) is 0 Å². The van der Waals surface area contributed by atoms with Crippen LogP contribution in [0.2, 0.25) is 0 Å². The van der Waals surface area contributed by atoms with Crippen molar-refractivity contribution in [1.82, 2.24) is 0 Å². The van der Waals surface area contributed by atoms with Crippen LogP contribution < -0.4 is 11.1 Å². The number of nitrogens with one attached hydrogen (secondary N) is 1. The summed E-state index contributed by atoms with van der Waals surface area (Å²) in [5, 5.41) is 3.41. The fraction of sp³-hybridized carbons (Fsp3) is 0.200. The molecule has 0 aliphatic rings. The molecule has 0 heterocycles. The van der Waals surface area contributed by atoms with Gasteiger partial charge in [0, 0.05) is 17.9 Å². The SMILES string of the molecule is CC(CNc1ccc(N)cc1)c1ccccc1. The third-order valence-electron chi connectivity index (χ3n) is 2.89. The average Bonchev–Trinajstić information content (AvgIpc) is 2.39. The highest BCUT2D eigenvalue weighted by molar-refractivity contribution is 5.51. The number of hydrogen-bond donors (Lipinski definition) is 2. The van der Waals surface area contributed by atoms with E-state index < -0.39 is 0 Å². The molecule has 0 bridgehead atoms. The summed E-state index contributed by atoms with van der Waals surface area (Å²) in [6.45, 7) is 3.15. The lowest BCUT2D eigenvalue weighted by Crippen LogP contribution is -2.09. The standard InChI is InChI=1S/C15H18N2/c1-12(13-5-3-2-4-6-13)11-17-15-9-7-14(16)8-10-15/h2-10,12,17H,11,16H2,1H3. The summed E-state index contributed by atoms with van der Waals surface area (Å²) in [6.07, 6.45) is 0. The lowest BCUT2D eigenvalue weighted by molar-refractivity contribution is 0.805. The van der Waals surface area contributed by atoms with Crippen LogP contribution in [0.5, 0.6) is 0 Å². The van der Waals surface area contributed by atoms with Gasteiger partial charge in [0.2, 0.25) is 0 Å². The second kappa shape index (κ2) is 5.39.